The monoisotopic (exact) mass is 484 g/mol. The van der Waals surface area contributed by atoms with Crippen LogP contribution in [0.5, 0.6) is 11.5 Å². The normalized spacial score (nSPS) is 15.4. The number of hydrogen-bond acceptors (Lipinski definition) is 2. The highest BCUT2D eigenvalue weighted by atomic mass is 19.4. The lowest BCUT2D eigenvalue weighted by Crippen LogP contribution is -2.77. The molecule has 0 aliphatic carbocycles. The highest BCUT2D eigenvalue weighted by molar-refractivity contribution is 6.92. The Morgan fingerprint density at radius 2 is 1.32 bits per heavy atom. The van der Waals surface area contributed by atoms with Gasteiger partial charge in [0.2, 0.25) is 0 Å². The highest BCUT2D eigenvalue weighted by Gasteiger charge is 2.52. The minimum absolute atomic E-state index is 0.105. The molecule has 1 aliphatic rings. The van der Waals surface area contributed by atoms with E-state index in [2.05, 4.69) is 0 Å². The van der Waals surface area contributed by atoms with Crippen LogP contribution in [0.15, 0.2) is 54.9 Å². The van der Waals surface area contributed by atoms with Gasteiger partial charge in [-0.2, -0.15) is 26.3 Å². The lowest BCUT2D eigenvalue weighted by Gasteiger charge is -2.35. The van der Waals surface area contributed by atoms with E-state index in [9.17, 15) is 26.3 Å². The van der Waals surface area contributed by atoms with Crippen molar-refractivity contribution >= 4 is 17.7 Å². The van der Waals surface area contributed by atoms with E-state index in [0.29, 0.717) is 17.9 Å². The predicted molar refractivity (Wildman–Crippen MR) is 115 cm³/mol. The van der Waals surface area contributed by atoms with Crippen LogP contribution in [-0.4, -0.2) is 11.1 Å². The first-order valence-electron chi connectivity index (χ1n) is 10.8. The average molecular weight is 484 g/mol. The molecule has 0 amide bonds. The summed E-state index contributed by atoms with van der Waals surface area (Å²) >= 11 is 0. The van der Waals surface area contributed by atoms with Crippen LogP contribution < -0.4 is 25.1 Å². The number of halogens is 6. The Labute approximate surface area is 192 Å². The number of rotatable bonds is 4. The Hall–Kier alpha value is -3.11. The van der Waals surface area contributed by atoms with Crippen LogP contribution in [0, 0.1) is 0 Å². The molecule has 3 aromatic rings. The van der Waals surface area contributed by atoms with Gasteiger partial charge >= 0.3 is 18.9 Å². The Kier molecular flexibility index (Phi) is 5.65. The van der Waals surface area contributed by atoms with Crippen LogP contribution in [0.3, 0.4) is 0 Å². The lowest BCUT2D eigenvalue weighted by molar-refractivity contribution is -0.700. The number of imidazole rings is 1. The van der Waals surface area contributed by atoms with Crippen molar-refractivity contribution < 1.29 is 40.2 Å². The van der Waals surface area contributed by atoms with E-state index in [0.717, 1.165) is 0 Å². The quantitative estimate of drug-likeness (QED) is 0.296. The van der Waals surface area contributed by atoms with Crippen LogP contribution >= 0.6 is 0 Å². The average Bonchev–Trinajstić information content (AvgIpc) is 3.35. The number of para-hydroxylation sites is 2. The number of hydrogen-bond donors (Lipinski definition) is 0. The number of aromatic nitrogens is 2. The smallest absolute Gasteiger partial charge is 0.487 e. The molecule has 0 N–H and O–H groups in total. The summed E-state index contributed by atoms with van der Waals surface area (Å²) < 4.78 is 98.2. The fraction of sp³-hybridized carbons (Fsp3) is 0.348. The van der Waals surface area contributed by atoms with Crippen molar-refractivity contribution in [1.29, 1.82) is 0 Å². The molecule has 0 spiro atoms. The van der Waals surface area contributed by atoms with Gasteiger partial charge in [0.15, 0.2) is 5.72 Å². The predicted octanol–water partition coefficient (Wildman–Crippen LogP) is 5.00. The van der Waals surface area contributed by atoms with Gasteiger partial charge in [0.25, 0.3) is 0 Å². The fourth-order valence-electron chi connectivity index (χ4n) is 4.31. The molecule has 182 valence electrons. The van der Waals surface area contributed by atoms with Gasteiger partial charge < -0.3 is 9.31 Å². The van der Waals surface area contributed by atoms with Gasteiger partial charge in [-0.15, -0.1) is 5.46 Å². The minimum Gasteiger partial charge on any atom is -0.669 e. The van der Waals surface area contributed by atoms with Crippen molar-refractivity contribution in [3.63, 3.8) is 0 Å². The summed E-state index contributed by atoms with van der Waals surface area (Å²) in [5, 5.41) is 0. The molecule has 11 heteroatoms. The Morgan fingerprint density at radius 1 is 0.824 bits per heavy atom. The van der Waals surface area contributed by atoms with Gasteiger partial charge in [-0.1, -0.05) is 24.3 Å². The Balaban J connectivity index is 2.09. The summed E-state index contributed by atoms with van der Waals surface area (Å²) in [5.41, 5.74) is -2.89. The minimum atomic E-state index is -5.01. The van der Waals surface area contributed by atoms with Gasteiger partial charge in [0, 0.05) is 0 Å². The number of alkyl halides is 6. The standard InChI is InChI=1S/C23H23BF6N2O2/c1-14(2)31-9-10-32(15(3)4)21(31)24(33-19-7-5-6-8-20(19)34-24)18-12-16(22(25,26)27)11-17(13-18)23(28,29)30/h5-15H,1-4H3. The van der Waals surface area contributed by atoms with E-state index in [1.807, 2.05) is 27.7 Å². The molecule has 34 heavy (non-hydrogen) atoms. The van der Waals surface area contributed by atoms with Crippen LogP contribution in [0.4, 0.5) is 26.3 Å². The first-order chi connectivity index (χ1) is 15.7. The van der Waals surface area contributed by atoms with Crippen molar-refractivity contribution in [1.82, 2.24) is 4.57 Å². The Morgan fingerprint density at radius 3 is 1.74 bits per heavy atom. The topological polar surface area (TPSA) is 27.3 Å². The molecule has 1 aliphatic heterocycles. The first-order valence-corrected chi connectivity index (χ1v) is 10.8. The third kappa shape index (κ3) is 4.01. The van der Waals surface area contributed by atoms with E-state index in [1.54, 1.807) is 45.8 Å². The van der Waals surface area contributed by atoms with E-state index in [4.69, 9.17) is 9.31 Å². The van der Waals surface area contributed by atoms with Gasteiger partial charge in [-0.3, -0.25) is 9.13 Å². The maximum Gasteiger partial charge on any atom is 0.487 e. The number of benzene rings is 2. The maximum atomic E-state index is 13.7. The number of fused-ring (bicyclic) bond motifs is 1. The zero-order valence-electron chi connectivity index (χ0n) is 18.9. The van der Waals surface area contributed by atoms with Crippen molar-refractivity contribution in [2.45, 2.75) is 52.1 Å². The van der Waals surface area contributed by atoms with E-state index in [-0.39, 0.29) is 35.1 Å². The molecular formula is C23H23BF6N2O2. The maximum absolute atomic E-state index is 13.7. The third-order valence-corrected chi connectivity index (χ3v) is 5.85. The molecule has 0 radical (unpaired) electrons. The fourth-order valence-corrected chi connectivity index (χ4v) is 4.31. The first kappa shape index (κ1) is 24.0. The molecule has 4 rings (SSSR count). The highest BCUT2D eigenvalue weighted by Crippen LogP contribution is 2.39. The second-order valence-corrected chi connectivity index (χ2v) is 8.89. The molecule has 4 nitrogen and oxygen atoms in total. The zero-order chi connectivity index (χ0) is 25.1. The van der Waals surface area contributed by atoms with Crippen molar-refractivity contribution in [3.05, 3.63) is 66.0 Å². The molecule has 1 aromatic heterocycles. The van der Waals surface area contributed by atoms with Crippen molar-refractivity contribution in [3.8, 4) is 11.5 Å². The van der Waals surface area contributed by atoms with Crippen LogP contribution in [0.25, 0.3) is 0 Å². The Bertz CT molecular complexity index is 1130. The van der Waals surface area contributed by atoms with Gasteiger partial charge in [-0.05, 0) is 45.9 Å². The zero-order valence-corrected chi connectivity index (χ0v) is 18.9. The summed E-state index contributed by atoms with van der Waals surface area (Å²) in [4.78, 5) is 0. The van der Waals surface area contributed by atoms with Gasteiger partial charge in [0.1, 0.15) is 23.9 Å². The molecule has 2 aromatic carbocycles. The summed E-state index contributed by atoms with van der Waals surface area (Å²) in [6, 6.07) is 7.55. The summed E-state index contributed by atoms with van der Waals surface area (Å²) in [7, 11) is 0. The molecular weight excluding hydrogens is 461 g/mol. The van der Waals surface area contributed by atoms with Gasteiger partial charge in [-0.25, -0.2) is 0 Å². The van der Waals surface area contributed by atoms with Crippen molar-refractivity contribution in [2.75, 3.05) is 0 Å². The van der Waals surface area contributed by atoms with Gasteiger partial charge in [0.05, 0.1) is 23.2 Å². The van der Waals surface area contributed by atoms with Crippen molar-refractivity contribution in [2.24, 2.45) is 0 Å². The summed E-state index contributed by atoms with van der Waals surface area (Å²) in [6.45, 7) is 4.40. The van der Waals surface area contributed by atoms with Crippen LogP contribution in [-0.2, 0) is 12.4 Å². The molecule has 0 saturated carbocycles. The largest absolute Gasteiger partial charge is 0.669 e. The second-order valence-electron chi connectivity index (χ2n) is 8.89. The second kappa shape index (κ2) is 7.99. The molecule has 0 saturated heterocycles. The van der Waals surface area contributed by atoms with Crippen LogP contribution in [0.1, 0.15) is 50.9 Å². The molecule has 2 heterocycles. The third-order valence-electron chi connectivity index (χ3n) is 5.85. The lowest BCUT2D eigenvalue weighted by atomic mass is 9.49. The number of nitrogens with zero attached hydrogens (tertiary/aromatic N) is 2. The van der Waals surface area contributed by atoms with Crippen LogP contribution in [0.2, 0.25) is 0 Å². The summed E-state index contributed by atoms with van der Waals surface area (Å²) in [5.74, 6) is 0.473. The van der Waals surface area contributed by atoms with E-state index >= 15 is 0 Å². The van der Waals surface area contributed by atoms with E-state index in [1.165, 1.54) is 0 Å². The molecule has 0 atom stereocenters. The van der Waals surface area contributed by atoms with E-state index < -0.39 is 30.0 Å². The SMILES string of the molecule is CC(C)n1cc[n+](C(C)C)c1[B-]1(c2cc(C(F)(F)F)cc(C(F)(F)F)c2)Oc2ccccc2O1. The molecule has 0 fully saturated rings. The molecule has 0 bridgehead atoms. The molecule has 0 unspecified atom stereocenters. The summed E-state index contributed by atoms with van der Waals surface area (Å²) in [6.07, 6.45) is -6.57.